The van der Waals surface area contributed by atoms with E-state index in [2.05, 4.69) is 15.6 Å². The molecule has 1 atom stereocenters. The molecule has 1 saturated carbocycles. The molecule has 3 aromatic rings. The van der Waals surface area contributed by atoms with Gasteiger partial charge in [0.1, 0.15) is 23.7 Å². The van der Waals surface area contributed by atoms with Gasteiger partial charge in [-0.05, 0) is 54.5 Å². The average Bonchev–Trinajstić information content (AvgIpc) is 3.52. The van der Waals surface area contributed by atoms with Crippen molar-refractivity contribution in [2.24, 2.45) is 5.41 Å². The van der Waals surface area contributed by atoms with Crippen LogP contribution in [0.5, 0.6) is 11.6 Å². The van der Waals surface area contributed by atoms with E-state index >= 15 is 0 Å². The molecule has 1 aliphatic heterocycles. The van der Waals surface area contributed by atoms with Gasteiger partial charge >= 0.3 is 0 Å². The molecular formula is C26H27ClN4O3. The van der Waals surface area contributed by atoms with Gasteiger partial charge in [0.2, 0.25) is 5.88 Å². The predicted molar refractivity (Wildman–Crippen MR) is 129 cm³/mol. The van der Waals surface area contributed by atoms with Crippen LogP contribution in [0.15, 0.2) is 54.7 Å². The summed E-state index contributed by atoms with van der Waals surface area (Å²) in [7, 11) is 1.57. The quantitative estimate of drug-likeness (QED) is 0.497. The van der Waals surface area contributed by atoms with Gasteiger partial charge in [0.05, 0.1) is 18.2 Å². The van der Waals surface area contributed by atoms with Crippen molar-refractivity contribution >= 4 is 17.5 Å². The lowest BCUT2D eigenvalue weighted by molar-refractivity contribution is 0.0944. The molecule has 8 heteroatoms. The normalized spacial score (nSPS) is 18.0. The van der Waals surface area contributed by atoms with E-state index in [1.54, 1.807) is 25.4 Å². The molecule has 2 aromatic carbocycles. The van der Waals surface area contributed by atoms with Gasteiger partial charge in [-0.15, -0.1) is 0 Å². The number of hydrogen-bond acceptors (Lipinski definition) is 6. The minimum atomic E-state index is -0.279. The first-order valence-electron chi connectivity index (χ1n) is 11.5. The number of rotatable bonds is 8. The number of hydrogen-bond donors (Lipinski definition) is 2. The van der Waals surface area contributed by atoms with Crippen molar-refractivity contribution in [3.63, 3.8) is 0 Å². The van der Waals surface area contributed by atoms with E-state index in [0.717, 1.165) is 24.1 Å². The van der Waals surface area contributed by atoms with E-state index in [1.165, 1.54) is 12.8 Å². The van der Waals surface area contributed by atoms with Crippen molar-refractivity contribution in [3.8, 4) is 11.6 Å². The third-order valence-corrected chi connectivity index (χ3v) is 6.93. The lowest BCUT2D eigenvalue weighted by atomic mass is 9.97. The largest absolute Gasteiger partial charge is 0.495 e. The van der Waals surface area contributed by atoms with Gasteiger partial charge in [0, 0.05) is 12.7 Å². The number of halogens is 1. The van der Waals surface area contributed by atoms with E-state index in [4.69, 9.17) is 26.1 Å². The monoisotopic (exact) mass is 478 g/mol. The molecule has 0 bridgehead atoms. The number of amides is 1. The Bertz CT molecular complexity index is 1180. The third kappa shape index (κ3) is 4.72. The van der Waals surface area contributed by atoms with Gasteiger partial charge in [-0.3, -0.25) is 4.79 Å². The molecule has 1 spiro atoms. The van der Waals surface area contributed by atoms with E-state index < -0.39 is 0 Å². The van der Waals surface area contributed by atoms with Gasteiger partial charge in [0.15, 0.2) is 0 Å². The highest BCUT2D eigenvalue weighted by atomic mass is 35.5. The van der Waals surface area contributed by atoms with Crippen LogP contribution in [-0.2, 0) is 13.2 Å². The smallest absolute Gasteiger partial charge is 0.258 e. The molecule has 1 unspecified atom stereocenters. The molecule has 34 heavy (non-hydrogen) atoms. The SMILES string of the molecule is COc1ccc(COc2nc(C3NCCC34CC4)ncc2C(=O)NCc2ccccc2)cc1Cl. The summed E-state index contributed by atoms with van der Waals surface area (Å²) in [5, 5.41) is 6.97. The molecule has 1 amide bonds. The van der Waals surface area contributed by atoms with Gasteiger partial charge in [-0.25, -0.2) is 4.98 Å². The molecule has 2 aliphatic rings. The molecule has 7 nitrogen and oxygen atoms in total. The highest BCUT2D eigenvalue weighted by molar-refractivity contribution is 6.32. The summed E-state index contributed by atoms with van der Waals surface area (Å²) in [6, 6.07) is 15.3. The second-order valence-electron chi connectivity index (χ2n) is 8.87. The van der Waals surface area contributed by atoms with Gasteiger partial charge in [-0.1, -0.05) is 48.0 Å². The number of methoxy groups -OCH3 is 1. The number of ether oxygens (including phenoxy) is 2. The number of nitrogens with one attached hydrogen (secondary N) is 2. The standard InChI is InChI=1S/C26H27ClN4O3/c1-33-21-8-7-18(13-20(21)27)16-34-25-19(24(32)30-14-17-5-3-2-4-6-17)15-29-23(31-25)22-26(9-10-26)11-12-28-22/h2-8,13,15,22,28H,9-12,14,16H2,1H3,(H,30,32). The Labute approximate surface area is 203 Å². The van der Waals surface area contributed by atoms with Crippen molar-refractivity contribution in [1.29, 1.82) is 0 Å². The van der Waals surface area contributed by atoms with Gasteiger partial charge in [0.25, 0.3) is 5.91 Å². The number of aromatic nitrogens is 2. The van der Waals surface area contributed by atoms with Crippen molar-refractivity contribution in [2.75, 3.05) is 13.7 Å². The van der Waals surface area contributed by atoms with Crippen LogP contribution in [0.3, 0.4) is 0 Å². The van der Waals surface area contributed by atoms with E-state index in [-0.39, 0.29) is 29.9 Å². The zero-order valence-electron chi connectivity index (χ0n) is 19.0. The summed E-state index contributed by atoms with van der Waals surface area (Å²) < 4.78 is 11.3. The molecule has 1 saturated heterocycles. The van der Waals surface area contributed by atoms with Crippen LogP contribution in [0, 0.1) is 5.41 Å². The lowest BCUT2D eigenvalue weighted by Gasteiger charge is -2.19. The zero-order chi connectivity index (χ0) is 23.5. The Morgan fingerprint density at radius 1 is 1.18 bits per heavy atom. The minimum Gasteiger partial charge on any atom is -0.495 e. The first-order chi connectivity index (χ1) is 16.6. The second-order valence-corrected chi connectivity index (χ2v) is 9.28. The van der Waals surface area contributed by atoms with Gasteiger partial charge < -0.3 is 20.1 Å². The maximum absolute atomic E-state index is 13.0. The Morgan fingerprint density at radius 2 is 2.00 bits per heavy atom. The van der Waals surface area contributed by atoms with Crippen molar-refractivity contribution < 1.29 is 14.3 Å². The fourth-order valence-corrected chi connectivity index (χ4v) is 4.78. The highest BCUT2D eigenvalue weighted by Crippen LogP contribution is 2.59. The zero-order valence-corrected chi connectivity index (χ0v) is 19.8. The van der Waals surface area contributed by atoms with E-state index in [0.29, 0.717) is 28.7 Å². The topological polar surface area (TPSA) is 85.4 Å². The number of benzene rings is 2. The summed E-state index contributed by atoms with van der Waals surface area (Å²) >= 11 is 6.26. The second kappa shape index (κ2) is 9.60. The van der Waals surface area contributed by atoms with Crippen LogP contribution < -0.4 is 20.1 Å². The molecular weight excluding hydrogens is 452 g/mol. The molecule has 2 N–H and O–H groups in total. The summed E-state index contributed by atoms with van der Waals surface area (Å²) in [6.07, 6.45) is 5.05. The Hall–Kier alpha value is -3.16. The predicted octanol–water partition coefficient (Wildman–Crippen LogP) is 4.46. The Balaban J connectivity index is 1.38. The molecule has 2 heterocycles. The average molecular weight is 479 g/mol. The van der Waals surface area contributed by atoms with Crippen molar-refractivity contribution in [2.45, 2.75) is 38.5 Å². The summed E-state index contributed by atoms with van der Waals surface area (Å²) in [4.78, 5) is 22.3. The third-order valence-electron chi connectivity index (χ3n) is 6.64. The number of carbonyl (C=O) groups excluding carboxylic acids is 1. The molecule has 1 aromatic heterocycles. The molecule has 0 radical (unpaired) electrons. The molecule has 1 aliphatic carbocycles. The number of carbonyl (C=O) groups is 1. The van der Waals surface area contributed by atoms with Crippen LogP contribution in [0.2, 0.25) is 5.02 Å². The Kier molecular flexibility index (Phi) is 6.39. The first-order valence-corrected chi connectivity index (χ1v) is 11.8. The Morgan fingerprint density at radius 3 is 2.74 bits per heavy atom. The van der Waals surface area contributed by atoms with Crippen LogP contribution in [0.4, 0.5) is 0 Å². The van der Waals surface area contributed by atoms with E-state index in [1.807, 2.05) is 36.4 Å². The first kappa shape index (κ1) is 22.6. The van der Waals surface area contributed by atoms with Crippen LogP contribution in [0.25, 0.3) is 0 Å². The summed E-state index contributed by atoms with van der Waals surface area (Å²) in [5.41, 5.74) is 2.41. The summed E-state index contributed by atoms with van der Waals surface area (Å²) in [6.45, 7) is 1.57. The van der Waals surface area contributed by atoms with Crippen LogP contribution in [-0.4, -0.2) is 29.5 Å². The fourth-order valence-electron chi connectivity index (χ4n) is 4.50. The van der Waals surface area contributed by atoms with Gasteiger partial charge in [-0.2, -0.15) is 4.98 Å². The lowest BCUT2D eigenvalue weighted by Crippen LogP contribution is -2.26. The summed E-state index contributed by atoms with van der Waals surface area (Å²) in [5.74, 6) is 1.26. The van der Waals surface area contributed by atoms with Crippen LogP contribution >= 0.6 is 11.6 Å². The number of nitrogens with zero attached hydrogens (tertiary/aromatic N) is 2. The molecule has 176 valence electrons. The van der Waals surface area contributed by atoms with Crippen molar-refractivity contribution in [3.05, 3.63) is 82.3 Å². The molecule has 2 fully saturated rings. The fraction of sp³-hybridized carbons (Fsp3) is 0.346. The molecule has 5 rings (SSSR count). The minimum absolute atomic E-state index is 0.0895. The highest BCUT2D eigenvalue weighted by Gasteiger charge is 2.53. The van der Waals surface area contributed by atoms with E-state index in [9.17, 15) is 4.79 Å². The van der Waals surface area contributed by atoms with Crippen molar-refractivity contribution in [1.82, 2.24) is 20.6 Å². The maximum atomic E-state index is 13.0. The van der Waals surface area contributed by atoms with Crippen LogP contribution in [0.1, 0.15) is 52.6 Å². The maximum Gasteiger partial charge on any atom is 0.258 e.